The predicted octanol–water partition coefficient (Wildman–Crippen LogP) is 3.74. The standard InChI is InChI=1S/C14H17BrClN3/c1-3-19-9-10(8-18-19)7-14(2,17)12-5-4-11(15)6-13(12)16/h4-6,8-9H,3,7,17H2,1-2H3. The van der Waals surface area contributed by atoms with Crippen LogP contribution in [0.5, 0.6) is 0 Å². The van der Waals surface area contributed by atoms with Gasteiger partial charge in [-0.25, -0.2) is 0 Å². The van der Waals surface area contributed by atoms with Crippen molar-refractivity contribution < 1.29 is 0 Å². The molecule has 1 atom stereocenters. The van der Waals surface area contributed by atoms with Crippen molar-refractivity contribution in [1.29, 1.82) is 0 Å². The molecule has 2 N–H and O–H groups in total. The molecule has 3 nitrogen and oxygen atoms in total. The average Bonchev–Trinajstić information content (AvgIpc) is 2.75. The number of benzene rings is 1. The molecule has 0 saturated heterocycles. The molecule has 19 heavy (non-hydrogen) atoms. The van der Waals surface area contributed by atoms with E-state index in [1.165, 1.54) is 0 Å². The highest BCUT2D eigenvalue weighted by molar-refractivity contribution is 9.10. The van der Waals surface area contributed by atoms with Gasteiger partial charge < -0.3 is 5.73 Å². The van der Waals surface area contributed by atoms with Gasteiger partial charge in [-0.05, 0) is 43.5 Å². The molecule has 1 unspecified atom stereocenters. The van der Waals surface area contributed by atoms with Gasteiger partial charge in [0.2, 0.25) is 0 Å². The Morgan fingerprint density at radius 2 is 2.21 bits per heavy atom. The highest BCUT2D eigenvalue weighted by atomic mass is 79.9. The molecule has 0 amide bonds. The quantitative estimate of drug-likeness (QED) is 0.920. The van der Waals surface area contributed by atoms with Gasteiger partial charge in [-0.2, -0.15) is 5.10 Å². The Labute approximate surface area is 126 Å². The van der Waals surface area contributed by atoms with E-state index in [1.807, 2.05) is 42.2 Å². The van der Waals surface area contributed by atoms with Gasteiger partial charge in [-0.1, -0.05) is 33.6 Å². The summed E-state index contributed by atoms with van der Waals surface area (Å²) in [5.74, 6) is 0. The number of aromatic nitrogens is 2. The summed E-state index contributed by atoms with van der Waals surface area (Å²) in [6.45, 7) is 4.91. The van der Waals surface area contributed by atoms with E-state index >= 15 is 0 Å². The van der Waals surface area contributed by atoms with Crippen LogP contribution in [-0.4, -0.2) is 9.78 Å². The number of halogens is 2. The van der Waals surface area contributed by atoms with E-state index < -0.39 is 5.54 Å². The number of nitrogens with zero attached hydrogens (tertiary/aromatic N) is 2. The molecule has 2 aromatic rings. The summed E-state index contributed by atoms with van der Waals surface area (Å²) in [5, 5.41) is 4.95. The smallest absolute Gasteiger partial charge is 0.0522 e. The van der Waals surface area contributed by atoms with Crippen molar-refractivity contribution in [2.24, 2.45) is 5.73 Å². The van der Waals surface area contributed by atoms with Crippen LogP contribution in [-0.2, 0) is 18.5 Å². The van der Waals surface area contributed by atoms with Crippen LogP contribution in [0.2, 0.25) is 5.02 Å². The lowest BCUT2D eigenvalue weighted by Gasteiger charge is -2.26. The van der Waals surface area contributed by atoms with Crippen molar-refractivity contribution in [2.75, 3.05) is 0 Å². The van der Waals surface area contributed by atoms with Crippen LogP contribution in [0.4, 0.5) is 0 Å². The molecule has 5 heteroatoms. The summed E-state index contributed by atoms with van der Waals surface area (Å²) in [4.78, 5) is 0. The molecule has 0 aliphatic carbocycles. The highest BCUT2D eigenvalue weighted by Gasteiger charge is 2.25. The maximum Gasteiger partial charge on any atom is 0.0522 e. The van der Waals surface area contributed by atoms with Gasteiger partial charge in [0.25, 0.3) is 0 Å². The summed E-state index contributed by atoms with van der Waals surface area (Å²) in [6.07, 6.45) is 4.59. The van der Waals surface area contributed by atoms with Crippen LogP contribution < -0.4 is 5.73 Å². The molecule has 0 aliphatic heterocycles. The van der Waals surface area contributed by atoms with Crippen molar-refractivity contribution in [3.8, 4) is 0 Å². The zero-order valence-electron chi connectivity index (χ0n) is 11.0. The van der Waals surface area contributed by atoms with Gasteiger partial charge in [0, 0.05) is 27.8 Å². The third-order valence-corrected chi connectivity index (χ3v) is 3.93. The van der Waals surface area contributed by atoms with Crippen LogP contribution in [0, 0.1) is 0 Å². The summed E-state index contributed by atoms with van der Waals surface area (Å²) in [7, 11) is 0. The fourth-order valence-corrected chi connectivity index (χ4v) is 3.03. The van der Waals surface area contributed by atoms with E-state index in [-0.39, 0.29) is 0 Å². The predicted molar refractivity (Wildman–Crippen MR) is 82.3 cm³/mol. The summed E-state index contributed by atoms with van der Waals surface area (Å²) in [6, 6.07) is 5.80. The van der Waals surface area contributed by atoms with E-state index in [0.717, 1.165) is 22.1 Å². The fraction of sp³-hybridized carbons (Fsp3) is 0.357. The summed E-state index contributed by atoms with van der Waals surface area (Å²) in [5.41, 5.74) is 7.98. The van der Waals surface area contributed by atoms with E-state index in [4.69, 9.17) is 17.3 Å². The molecular formula is C14H17BrClN3. The molecule has 1 aromatic carbocycles. The maximum atomic E-state index is 6.43. The number of hydrogen-bond donors (Lipinski definition) is 1. The van der Waals surface area contributed by atoms with Crippen molar-refractivity contribution in [2.45, 2.75) is 32.4 Å². The van der Waals surface area contributed by atoms with E-state index in [0.29, 0.717) is 11.4 Å². The zero-order chi connectivity index (χ0) is 14.0. The second-order valence-corrected chi connectivity index (χ2v) is 6.25. The van der Waals surface area contributed by atoms with Gasteiger partial charge in [-0.3, -0.25) is 4.68 Å². The lowest BCUT2D eigenvalue weighted by molar-refractivity contribution is 0.491. The van der Waals surface area contributed by atoms with Gasteiger partial charge in [0.1, 0.15) is 0 Å². The monoisotopic (exact) mass is 341 g/mol. The van der Waals surface area contributed by atoms with Crippen molar-refractivity contribution in [3.05, 3.63) is 51.2 Å². The minimum Gasteiger partial charge on any atom is -0.321 e. The van der Waals surface area contributed by atoms with Gasteiger partial charge in [0.15, 0.2) is 0 Å². The Balaban J connectivity index is 2.26. The van der Waals surface area contributed by atoms with Gasteiger partial charge in [0.05, 0.1) is 6.20 Å². The Morgan fingerprint density at radius 1 is 1.47 bits per heavy atom. The average molecular weight is 343 g/mol. The number of aryl methyl sites for hydroxylation is 1. The third-order valence-electron chi connectivity index (χ3n) is 3.13. The first kappa shape index (κ1) is 14.6. The van der Waals surface area contributed by atoms with Crippen LogP contribution in [0.1, 0.15) is 25.0 Å². The highest BCUT2D eigenvalue weighted by Crippen LogP contribution is 2.31. The lowest BCUT2D eigenvalue weighted by Crippen LogP contribution is -2.35. The normalized spacial score (nSPS) is 14.4. The van der Waals surface area contributed by atoms with Crippen molar-refractivity contribution in [1.82, 2.24) is 9.78 Å². The number of hydrogen-bond acceptors (Lipinski definition) is 2. The molecule has 1 heterocycles. The SMILES string of the molecule is CCn1cc(CC(C)(N)c2ccc(Br)cc2Cl)cn1. The minimum absolute atomic E-state index is 0.514. The molecule has 0 bridgehead atoms. The van der Waals surface area contributed by atoms with Crippen LogP contribution in [0.25, 0.3) is 0 Å². The van der Waals surface area contributed by atoms with Crippen molar-refractivity contribution >= 4 is 27.5 Å². The second-order valence-electron chi connectivity index (χ2n) is 4.92. The Hall–Kier alpha value is -0.840. The Bertz CT molecular complexity index is 578. The Kier molecular flexibility index (Phi) is 4.33. The van der Waals surface area contributed by atoms with E-state index in [9.17, 15) is 0 Å². The van der Waals surface area contributed by atoms with Crippen molar-refractivity contribution in [3.63, 3.8) is 0 Å². The second kappa shape index (κ2) is 5.65. The molecule has 102 valence electrons. The van der Waals surface area contributed by atoms with E-state index in [2.05, 4.69) is 28.0 Å². The molecule has 2 rings (SSSR count). The largest absolute Gasteiger partial charge is 0.321 e. The van der Waals surface area contributed by atoms with Crippen LogP contribution in [0.15, 0.2) is 35.1 Å². The van der Waals surface area contributed by atoms with E-state index in [1.54, 1.807) is 0 Å². The van der Waals surface area contributed by atoms with Gasteiger partial charge in [-0.15, -0.1) is 0 Å². The number of nitrogens with two attached hydrogens (primary N) is 1. The Morgan fingerprint density at radius 3 is 2.79 bits per heavy atom. The molecule has 1 aromatic heterocycles. The van der Waals surface area contributed by atoms with Crippen LogP contribution >= 0.6 is 27.5 Å². The fourth-order valence-electron chi connectivity index (χ4n) is 2.14. The molecular weight excluding hydrogens is 326 g/mol. The first-order chi connectivity index (χ1) is 8.92. The third kappa shape index (κ3) is 3.38. The van der Waals surface area contributed by atoms with Crippen LogP contribution in [0.3, 0.4) is 0 Å². The zero-order valence-corrected chi connectivity index (χ0v) is 13.4. The lowest BCUT2D eigenvalue weighted by atomic mass is 9.87. The maximum absolute atomic E-state index is 6.43. The molecule has 0 radical (unpaired) electrons. The topological polar surface area (TPSA) is 43.8 Å². The first-order valence-electron chi connectivity index (χ1n) is 6.18. The molecule has 0 aliphatic rings. The molecule has 0 fully saturated rings. The summed E-state index contributed by atoms with van der Waals surface area (Å²) < 4.78 is 2.85. The molecule has 0 saturated carbocycles. The summed E-state index contributed by atoms with van der Waals surface area (Å²) >= 11 is 9.69. The minimum atomic E-state index is -0.514. The molecule has 0 spiro atoms. The number of rotatable bonds is 4. The first-order valence-corrected chi connectivity index (χ1v) is 7.35. The van der Waals surface area contributed by atoms with Gasteiger partial charge >= 0.3 is 0 Å².